The lowest BCUT2D eigenvalue weighted by Gasteiger charge is -2.10. The van der Waals surface area contributed by atoms with Gasteiger partial charge in [0.05, 0.1) is 23.9 Å². The summed E-state index contributed by atoms with van der Waals surface area (Å²) in [5.74, 6) is -0.933. The maximum Gasteiger partial charge on any atom is 0.338 e. The Hall–Kier alpha value is -4.43. The molecule has 0 aliphatic heterocycles. The number of halogens is 1. The molecule has 0 aliphatic carbocycles. The van der Waals surface area contributed by atoms with E-state index in [9.17, 15) is 14.4 Å². The molecule has 2 N–H and O–H groups in total. The van der Waals surface area contributed by atoms with Crippen LogP contribution in [0.15, 0.2) is 78.9 Å². The van der Waals surface area contributed by atoms with Crippen LogP contribution < -0.4 is 15.4 Å². The third kappa shape index (κ3) is 5.93. The highest BCUT2D eigenvalue weighted by atomic mass is 35.5. The van der Waals surface area contributed by atoms with E-state index in [1.54, 1.807) is 78.9 Å². The number of hydrogen-bond donors (Lipinski definition) is 2. The summed E-state index contributed by atoms with van der Waals surface area (Å²) in [7, 11) is 1.52. The Morgan fingerprint density at radius 1 is 0.886 bits per heavy atom. The summed E-state index contributed by atoms with van der Waals surface area (Å²) in [6.07, 6.45) is 0. The highest BCUT2D eigenvalue weighted by Crippen LogP contribution is 2.24. The molecule has 8 nitrogen and oxygen atoms in total. The molecular formula is C26H20ClN3O5. The minimum absolute atomic E-state index is 0.292. The van der Waals surface area contributed by atoms with Crippen LogP contribution in [0.4, 0.5) is 11.4 Å². The summed E-state index contributed by atoms with van der Waals surface area (Å²) in [5.41, 5.74) is 2.33. The maximum absolute atomic E-state index is 12.5. The highest BCUT2D eigenvalue weighted by molar-refractivity contribution is 6.29. The minimum atomic E-state index is -0.639. The van der Waals surface area contributed by atoms with Gasteiger partial charge in [0.1, 0.15) is 10.9 Å². The second-order valence-corrected chi connectivity index (χ2v) is 7.78. The van der Waals surface area contributed by atoms with Crippen LogP contribution in [0.25, 0.3) is 10.9 Å². The maximum atomic E-state index is 12.5. The molecule has 2 amide bonds. The summed E-state index contributed by atoms with van der Waals surface area (Å²) in [6.45, 7) is -0.466. The second-order valence-electron chi connectivity index (χ2n) is 7.40. The molecule has 1 heterocycles. The predicted molar refractivity (Wildman–Crippen MR) is 133 cm³/mol. The predicted octanol–water partition coefficient (Wildman–Crippen LogP) is 4.94. The monoisotopic (exact) mass is 489 g/mol. The van der Waals surface area contributed by atoms with Gasteiger partial charge in [-0.2, -0.15) is 0 Å². The van der Waals surface area contributed by atoms with Crippen molar-refractivity contribution in [2.24, 2.45) is 0 Å². The molecule has 0 spiro atoms. The van der Waals surface area contributed by atoms with E-state index in [-0.39, 0.29) is 5.91 Å². The molecule has 0 unspecified atom stereocenters. The van der Waals surface area contributed by atoms with Gasteiger partial charge in [0.2, 0.25) is 0 Å². The van der Waals surface area contributed by atoms with Gasteiger partial charge < -0.3 is 20.1 Å². The number of nitrogens with one attached hydrogen (secondary N) is 2. The van der Waals surface area contributed by atoms with Crippen molar-refractivity contribution in [3.05, 3.63) is 95.1 Å². The molecule has 1 aromatic heterocycles. The zero-order valence-corrected chi connectivity index (χ0v) is 19.3. The molecule has 0 saturated carbocycles. The van der Waals surface area contributed by atoms with Crippen molar-refractivity contribution < 1.29 is 23.9 Å². The first-order valence-electron chi connectivity index (χ1n) is 10.5. The second kappa shape index (κ2) is 10.7. The van der Waals surface area contributed by atoms with Crippen molar-refractivity contribution in [2.45, 2.75) is 0 Å². The van der Waals surface area contributed by atoms with Crippen molar-refractivity contribution in [1.82, 2.24) is 4.98 Å². The molecule has 3 aromatic carbocycles. The van der Waals surface area contributed by atoms with Crippen molar-refractivity contribution in [3.8, 4) is 5.75 Å². The number of pyridine rings is 1. The third-order valence-corrected chi connectivity index (χ3v) is 5.22. The Bertz CT molecular complexity index is 1410. The Morgan fingerprint density at radius 2 is 1.63 bits per heavy atom. The lowest BCUT2D eigenvalue weighted by Crippen LogP contribution is -2.21. The minimum Gasteiger partial charge on any atom is -0.495 e. The Kier molecular flexibility index (Phi) is 7.23. The largest absolute Gasteiger partial charge is 0.495 e. The molecule has 0 fully saturated rings. The number of benzene rings is 3. The van der Waals surface area contributed by atoms with E-state index in [4.69, 9.17) is 21.1 Å². The number of aromatic nitrogens is 1. The zero-order valence-electron chi connectivity index (χ0n) is 18.6. The number of ether oxygens (including phenoxy) is 2. The number of para-hydroxylation sites is 2. The van der Waals surface area contributed by atoms with Crippen LogP contribution in [0.5, 0.6) is 5.75 Å². The molecule has 0 atom stereocenters. The van der Waals surface area contributed by atoms with Gasteiger partial charge in [0.25, 0.3) is 11.8 Å². The van der Waals surface area contributed by atoms with Gasteiger partial charge in [0.15, 0.2) is 6.61 Å². The van der Waals surface area contributed by atoms with Gasteiger partial charge in [-0.3, -0.25) is 9.59 Å². The fraction of sp³-hybridized carbons (Fsp3) is 0.0769. The number of rotatable bonds is 7. The molecule has 0 bridgehead atoms. The Labute approximate surface area is 205 Å². The van der Waals surface area contributed by atoms with Crippen LogP contribution >= 0.6 is 11.6 Å². The Balaban J connectivity index is 1.31. The van der Waals surface area contributed by atoms with E-state index < -0.39 is 18.5 Å². The number of amides is 2. The lowest BCUT2D eigenvalue weighted by molar-refractivity contribution is -0.119. The summed E-state index contributed by atoms with van der Waals surface area (Å²) in [5, 5.41) is 6.49. The van der Waals surface area contributed by atoms with Crippen LogP contribution in [-0.2, 0) is 9.53 Å². The van der Waals surface area contributed by atoms with E-state index in [0.29, 0.717) is 38.9 Å². The van der Waals surface area contributed by atoms with Crippen molar-refractivity contribution in [3.63, 3.8) is 0 Å². The molecule has 0 aliphatic rings. The number of carbonyl (C=O) groups excluding carboxylic acids is 3. The van der Waals surface area contributed by atoms with Gasteiger partial charge in [0, 0.05) is 16.6 Å². The smallest absolute Gasteiger partial charge is 0.338 e. The van der Waals surface area contributed by atoms with Crippen molar-refractivity contribution in [1.29, 1.82) is 0 Å². The van der Waals surface area contributed by atoms with E-state index in [1.807, 2.05) is 0 Å². The van der Waals surface area contributed by atoms with E-state index in [0.717, 1.165) is 5.39 Å². The number of esters is 1. The normalized spacial score (nSPS) is 10.5. The first-order valence-corrected chi connectivity index (χ1v) is 10.9. The first-order chi connectivity index (χ1) is 16.9. The van der Waals surface area contributed by atoms with Crippen molar-refractivity contribution >= 4 is 51.7 Å². The fourth-order valence-corrected chi connectivity index (χ4v) is 3.44. The van der Waals surface area contributed by atoms with Crippen LogP contribution in [0.3, 0.4) is 0 Å². The number of hydrogen-bond acceptors (Lipinski definition) is 6. The van der Waals surface area contributed by atoms with Gasteiger partial charge in [-0.05, 0) is 66.7 Å². The van der Waals surface area contributed by atoms with E-state index in [2.05, 4.69) is 15.6 Å². The topological polar surface area (TPSA) is 107 Å². The standard InChI is InChI=1S/C26H20ClN3O5/c1-34-22-5-3-2-4-21(22)30-25(32)16-6-10-19(11-7-16)28-24(31)15-35-26(33)18-8-12-20-17(14-18)9-13-23(27)29-20/h2-14H,15H2,1H3,(H,28,31)(H,30,32). The van der Waals surface area contributed by atoms with E-state index in [1.165, 1.54) is 7.11 Å². The summed E-state index contributed by atoms with van der Waals surface area (Å²) < 4.78 is 10.3. The average Bonchev–Trinajstić information content (AvgIpc) is 2.87. The van der Waals surface area contributed by atoms with Gasteiger partial charge in [-0.25, -0.2) is 9.78 Å². The molecule has 4 aromatic rings. The van der Waals surface area contributed by atoms with Crippen LogP contribution in [0.2, 0.25) is 5.15 Å². The summed E-state index contributed by atoms with van der Waals surface area (Å²) in [6, 6.07) is 21.6. The summed E-state index contributed by atoms with van der Waals surface area (Å²) >= 11 is 5.87. The van der Waals surface area contributed by atoms with Crippen LogP contribution in [-0.4, -0.2) is 36.5 Å². The number of carbonyl (C=O) groups is 3. The SMILES string of the molecule is COc1ccccc1NC(=O)c1ccc(NC(=O)COC(=O)c2ccc3nc(Cl)ccc3c2)cc1. The van der Waals surface area contributed by atoms with Gasteiger partial charge >= 0.3 is 5.97 Å². The van der Waals surface area contributed by atoms with E-state index >= 15 is 0 Å². The molecule has 35 heavy (non-hydrogen) atoms. The van der Waals surface area contributed by atoms with Crippen molar-refractivity contribution in [2.75, 3.05) is 24.4 Å². The molecule has 4 rings (SSSR count). The van der Waals surface area contributed by atoms with Gasteiger partial charge in [-0.1, -0.05) is 23.7 Å². The molecule has 0 radical (unpaired) electrons. The average molecular weight is 490 g/mol. The summed E-state index contributed by atoms with van der Waals surface area (Å²) in [4.78, 5) is 41.2. The zero-order chi connectivity index (χ0) is 24.8. The van der Waals surface area contributed by atoms with Crippen LogP contribution in [0, 0.1) is 0 Å². The molecule has 0 saturated heterocycles. The number of nitrogens with zero attached hydrogens (tertiary/aromatic N) is 1. The third-order valence-electron chi connectivity index (χ3n) is 5.01. The molecular weight excluding hydrogens is 470 g/mol. The van der Waals surface area contributed by atoms with Gasteiger partial charge in [-0.15, -0.1) is 0 Å². The Morgan fingerprint density at radius 3 is 2.40 bits per heavy atom. The molecule has 9 heteroatoms. The quantitative estimate of drug-likeness (QED) is 0.281. The molecule has 176 valence electrons. The highest BCUT2D eigenvalue weighted by Gasteiger charge is 2.13. The number of anilines is 2. The number of methoxy groups -OCH3 is 1. The lowest BCUT2D eigenvalue weighted by atomic mass is 10.1. The first kappa shape index (κ1) is 23.7. The number of fused-ring (bicyclic) bond motifs is 1. The van der Waals surface area contributed by atoms with Crippen LogP contribution in [0.1, 0.15) is 20.7 Å². The fourth-order valence-electron chi connectivity index (χ4n) is 3.29.